The Bertz CT molecular complexity index is 589. The summed E-state index contributed by atoms with van der Waals surface area (Å²) in [6.45, 7) is 0. The van der Waals surface area contributed by atoms with Crippen molar-refractivity contribution in [3.05, 3.63) is 35.1 Å². The van der Waals surface area contributed by atoms with Crippen LogP contribution in [0.2, 0.25) is 0 Å². The molecule has 1 aliphatic heterocycles. The molecule has 0 radical (unpaired) electrons. The van der Waals surface area contributed by atoms with Crippen molar-refractivity contribution in [2.45, 2.75) is 0 Å². The molecule has 0 aliphatic carbocycles. The van der Waals surface area contributed by atoms with E-state index < -0.39 is 5.82 Å². The molecule has 0 unspecified atom stereocenters. The first-order valence-corrected chi connectivity index (χ1v) is 5.97. The van der Waals surface area contributed by atoms with Crippen molar-refractivity contribution in [3.63, 3.8) is 0 Å². The predicted octanol–water partition coefficient (Wildman–Crippen LogP) is 1.36. The Labute approximate surface area is 107 Å². The van der Waals surface area contributed by atoms with Gasteiger partial charge in [-0.15, -0.1) is 11.5 Å². The fourth-order valence-corrected chi connectivity index (χ4v) is 1.89. The lowest BCUT2D eigenvalue weighted by atomic mass is 10.1. The second-order valence-electron chi connectivity index (χ2n) is 3.37. The number of carbonyl (C=O) groups excluding carboxylic acids is 1. The van der Waals surface area contributed by atoms with Crippen LogP contribution in [-0.2, 0) is 4.79 Å². The topological polar surface area (TPSA) is 53.8 Å². The first-order valence-electron chi connectivity index (χ1n) is 4.99. The normalized spacial score (nSPS) is 17.1. The summed E-state index contributed by atoms with van der Waals surface area (Å²) in [4.78, 5) is 10.9. The Kier molecular flexibility index (Phi) is 3.75. The van der Waals surface area contributed by atoms with Crippen LogP contribution in [0.5, 0.6) is 0 Å². The van der Waals surface area contributed by atoms with Crippen molar-refractivity contribution in [2.24, 2.45) is 10.2 Å². The zero-order valence-corrected chi connectivity index (χ0v) is 10.00. The van der Waals surface area contributed by atoms with E-state index >= 15 is 0 Å². The second-order valence-corrected chi connectivity index (χ2v) is 4.33. The van der Waals surface area contributed by atoms with Crippen molar-refractivity contribution >= 4 is 29.1 Å². The molecule has 1 aromatic rings. The van der Waals surface area contributed by atoms with Gasteiger partial charge in [-0.05, 0) is 17.7 Å². The molecular formula is C12H8FN3OS. The van der Waals surface area contributed by atoms with E-state index in [-0.39, 0.29) is 11.5 Å². The number of terminal acetylenes is 1. The molecule has 1 aliphatic rings. The molecule has 0 spiro atoms. The third kappa shape index (κ3) is 2.96. The van der Waals surface area contributed by atoms with Crippen LogP contribution < -0.4 is 5.32 Å². The molecule has 1 heterocycles. The highest BCUT2D eigenvalue weighted by Crippen LogP contribution is 2.10. The van der Waals surface area contributed by atoms with Gasteiger partial charge in [0.2, 0.25) is 5.91 Å². The van der Waals surface area contributed by atoms with E-state index in [1.165, 1.54) is 30.1 Å². The average molecular weight is 261 g/mol. The molecule has 4 nitrogen and oxygen atoms in total. The molecule has 0 bridgehead atoms. The number of hydrogen-bond acceptors (Lipinski definition) is 4. The fraction of sp³-hybridized carbons (Fsp3) is 0.0833. The van der Waals surface area contributed by atoms with Gasteiger partial charge in [0.25, 0.3) is 0 Å². The average Bonchev–Trinajstić information content (AvgIpc) is 2.75. The largest absolute Gasteiger partial charge is 0.303 e. The van der Waals surface area contributed by atoms with Gasteiger partial charge in [0.1, 0.15) is 5.82 Å². The second kappa shape index (κ2) is 5.47. The smallest absolute Gasteiger partial charge is 0.236 e. The summed E-state index contributed by atoms with van der Waals surface area (Å²) in [5.41, 5.74) is 0.752. The van der Waals surface area contributed by atoms with Crippen molar-refractivity contribution in [2.75, 3.05) is 5.75 Å². The van der Waals surface area contributed by atoms with Gasteiger partial charge in [-0.2, -0.15) is 5.10 Å². The summed E-state index contributed by atoms with van der Waals surface area (Å²) >= 11 is 1.27. The molecule has 1 amide bonds. The molecule has 1 N–H and O–H groups in total. The Morgan fingerprint density at radius 2 is 2.39 bits per heavy atom. The number of halogens is 1. The number of amidine groups is 1. The number of nitrogens with zero attached hydrogens (tertiary/aromatic N) is 2. The zero-order chi connectivity index (χ0) is 13.0. The minimum absolute atomic E-state index is 0.0987. The maximum absolute atomic E-state index is 13.3. The molecule has 0 aromatic heterocycles. The summed E-state index contributed by atoms with van der Waals surface area (Å²) in [5, 5.41) is 10.5. The molecule has 18 heavy (non-hydrogen) atoms. The van der Waals surface area contributed by atoms with Crippen LogP contribution in [0.1, 0.15) is 11.1 Å². The van der Waals surface area contributed by atoms with E-state index in [0.717, 1.165) is 0 Å². The van der Waals surface area contributed by atoms with Crippen LogP contribution in [0.15, 0.2) is 28.4 Å². The minimum atomic E-state index is -0.474. The molecule has 1 saturated heterocycles. The lowest BCUT2D eigenvalue weighted by Crippen LogP contribution is -2.19. The Morgan fingerprint density at radius 1 is 1.56 bits per heavy atom. The molecule has 2 rings (SSSR count). The van der Waals surface area contributed by atoms with E-state index in [1.807, 2.05) is 0 Å². The van der Waals surface area contributed by atoms with Crippen molar-refractivity contribution in [1.29, 1.82) is 0 Å². The summed E-state index contributed by atoms with van der Waals surface area (Å²) in [5.74, 6) is 2.00. The van der Waals surface area contributed by atoms with Crippen molar-refractivity contribution in [1.82, 2.24) is 5.32 Å². The highest BCUT2D eigenvalue weighted by molar-refractivity contribution is 8.15. The lowest BCUT2D eigenvalue weighted by molar-refractivity contribution is -0.116. The standard InChI is InChI=1S/C12H8FN3OS/c1-2-9-4-3-8(5-10(9)13)6-14-16-12-15-11(17)7-18-12/h1,3-6H,7H2,(H,15,16,17). The highest BCUT2D eigenvalue weighted by Gasteiger charge is 2.15. The van der Waals surface area contributed by atoms with Crippen molar-refractivity contribution < 1.29 is 9.18 Å². The van der Waals surface area contributed by atoms with E-state index in [2.05, 4.69) is 21.4 Å². The van der Waals surface area contributed by atoms with Crippen LogP contribution in [0, 0.1) is 18.2 Å². The first kappa shape index (κ1) is 12.3. The van der Waals surface area contributed by atoms with Gasteiger partial charge < -0.3 is 5.32 Å². The number of hydrogen-bond donors (Lipinski definition) is 1. The molecule has 0 saturated carbocycles. The van der Waals surface area contributed by atoms with Crippen LogP contribution >= 0.6 is 11.8 Å². The Balaban J connectivity index is 2.08. The Hall–Kier alpha value is -2.13. The van der Waals surface area contributed by atoms with Gasteiger partial charge in [0.05, 0.1) is 17.5 Å². The van der Waals surface area contributed by atoms with Crippen LogP contribution in [0.4, 0.5) is 4.39 Å². The summed E-state index contributed by atoms with van der Waals surface area (Å²) in [7, 11) is 0. The molecular weight excluding hydrogens is 253 g/mol. The summed E-state index contributed by atoms with van der Waals surface area (Å²) in [6, 6.07) is 4.41. The number of thioether (sulfide) groups is 1. The van der Waals surface area contributed by atoms with Crippen LogP contribution in [0.25, 0.3) is 0 Å². The summed E-state index contributed by atoms with van der Waals surface area (Å²) < 4.78 is 13.3. The predicted molar refractivity (Wildman–Crippen MR) is 70.0 cm³/mol. The SMILES string of the molecule is C#Cc1ccc(C=NN=C2NC(=O)CS2)cc1F. The monoisotopic (exact) mass is 261 g/mol. The van der Waals surface area contributed by atoms with E-state index in [1.54, 1.807) is 6.07 Å². The van der Waals surface area contributed by atoms with Gasteiger partial charge in [0.15, 0.2) is 5.17 Å². The van der Waals surface area contributed by atoms with Gasteiger partial charge in [-0.1, -0.05) is 23.7 Å². The molecule has 1 fully saturated rings. The van der Waals surface area contributed by atoms with Crippen LogP contribution in [-0.4, -0.2) is 23.0 Å². The lowest BCUT2D eigenvalue weighted by Gasteiger charge is -1.96. The van der Waals surface area contributed by atoms with Crippen molar-refractivity contribution in [3.8, 4) is 12.3 Å². The maximum atomic E-state index is 13.3. The van der Waals surface area contributed by atoms with Crippen LogP contribution in [0.3, 0.4) is 0 Å². The number of nitrogens with one attached hydrogen (secondary N) is 1. The third-order valence-corrected chi connectivity index (χ3v) is 2.95. The molecule has 90 valence electrons. The number of amides is 1. The Morgan fingerprint density at radius 3 is 3.00 bits per heavy atom. The van der Waals surface area contributed by atoms with Gasteiger partial charge in [-0.25, -0.2) is 4.39 Å². The molecule has 0 atom stereocenters. The fourth-order valence-electron chi connectivity index (χ4n) is 1.26. The number of benzene rings is 1. The highest BCUT2D eigenvalue weighted by atomic mass is 32.2. The zero-order valence-electron chi connectivity index (χ0n) is 9.18. The molecule has 6 heteroatoms. The quantitative estimate of drug-likeness (QED) is 0.496. The van der Waals surface area contributed by atoms with E-state index in [0.29, 0.717) is 16.5 Å². The number of rotatable bonds is 2. The number of carbonyl (C=O) groups is 1. The van der Waals surface area contributed by atoms with Gasteiger partial charge in [-0.3, -0.25) is 4.79 Å². The van der Waals surface area contributed by atoms with Gasteiger partial charge in [0, 0.05) is 0 Å². The maximum Gasteiger partial charge on any atom is 0.236 e. The van der Waals surface area contributed by atoms with E-state index in [4.69, 9.17) is 6.42 Å². The van der Waals surface area contributed by atoms with Gasteiger partial charge >= 0.3 is 0 Å². The third-order valence-electron chi connectivity index (χ3n) is 2.09. The minimum Gasteiger partial charge on any atom is -0.303 e. The van der Waals surface area contributed by atoms with E-state index in [9.17, 15) is 9.18 Å². The summed E-state index contributed by atoms with van der Waals surface area (Å²) in [6.07, 6.45) is 6.50. The molecule has 1 aromatic carbocycles. The first-order chi connectivity index (χ1) is 8.69.